The highest BCUT2D eigenvalue weighted by atomic mass is 16.1. The maximum absolute atomic E-state index is 12.4. The molecule has 1 aromatic carbocycles. The lowest BCUT2D eigenvalue weighted by Gasteiger charge is -2.11. The van der Waals surface area contributed by atoms with Gasteiger partial charge in [0.25, 0.3) is 5.91 Å². The summed E-state index contributed by atoms with van der Waals surface area (Å²) in [5, 5.41) is 23.4. The Balaban J connectivity index is 2.04. The molecule has 0 aliphatic heterocycles. The van der Waals surface area contributed by atoms with Crippen molar-refractivity contribution >= 4 is 28.5 Å². The van der Waals surface area contributed by atoms with E-state index in [2.05, 4.69) is 31.7 Å². The molecule has 0 bridgehead atoms. The van der Waals surface area contributed by atoms with E-state index in [0.717, 1.165) is 0 Å². The minimum atomic E-state index is -0.247. The summed E-state index contributed by atoms with van der Waals surface area (Å²) >= 11 is 0. The highest BCUT2D eigenvalue weighted by Crippen LogP contribution is 2.21. The highest BCUT2D eigenvalue weighted by Gasteiger charge is 2.18. The van der Waals surface area contributed by atoms with Crippen molar-refractivity contribution in [1.82, 2.24) is 20.3 Å². The smallest absolute Gasteiger partial charge is 0.255 e. The summed E-state index contributed by atoms with van der Waals surface area (Å²) in [5.41, 5.74) is 3.49. The number of fused-ring (bicyclic) bond motifs is 1. The van der Waals surface area contributed by atoms with Crippen molar-refractivity contribution in [2.75, 3.05) is 12.4 Å². The summed E-state index contributed by atoms with van der Waals surface area (Å²) in [6.07, 6.45) is 3.06. The lowest BCUT2D eigenvalue weighted by Crippen LogP contribution is -2.30. The van der Waals surface area contributed by atoms with Gasteiger partial charge in [0, 0.05) is 30.5 Å². The molecule has 4 N–H and O–H groups in total. The lowest BCUT2D eigenvalue weighted by atomic mass is 10.0. The third kappa shape index (κ3) is 3.48. The molecule has 3 rings (SSSR count). The molecule has 27 heavy (non-hydrogen) atoms. The van der Waals surface area contributed by atoms with Gasteiger partial charge in [-0.25, -0.2) is 9.97 Å². The molecule has 0 fully saturated rings. The minimum Gasteiger partial charge on any atom is -0.388 e. The molecule has 0 unspecified atom stereocenters. The zero-order valence-electron chi connectivity index (χ0n) is 15.2. The van der Waals surface area contributed by atoms with Gasteiger partial charge in [0.1, 0.15) is 11.2 Å². The molecular weight excluding hydrogens is 342 g/mol. The molecule has 8 heteroatoms. The average Bonchev–Trinajstić information content (AvgIpc) is 3.09. The van der Waals surface area contributed by atoms with Crippen LogP contribution in [0.2, 0.25) is 0 Å². The third-order valence-electron chi connectivity index (χ3n) is 3.99. The van der Waals surface area contributed by atoms with Crippen LogP contribution in [0.5, 0.6) is 0 Å². The van der Waals surface area contributed by atoms with E-state index in [0.29, 0.717) is 39.2 Å². The van der Waals surface area contributed by atoms with Crippen molar-refractivity contribution in [1.29, 1.82) is 10.7 Å². The molecule has 2 aromatic heterocycles. The van der Waals surface area contributed by atoms with Crippen LogP contribution in [-0.4, -0.2) is 39.7 Å². The molecule has 0 aliphatic carbocycles. The van der Waals surface area contributed by atoms with E-state index < -0.39 is 0 Å². The topological polar surface area (TPSA) is 130 Å². The number of carbonyl (C=O) groups is 1. The van der Waals surface area contributed by atoms with Crippen molar-refractivity contribution in [2.45, 2.75) is 19.9 Å². The SMILES string of the molecule is CNc1cc(C#N)ccc1C(=N)c1cnc2[nH]cc(C(=O)NC(C)C)c2n1. The number of anilines is 1. The first-order valence-electron chi connectivity index (χ1n) is 8.40. The Morgan fingerprint density at radius 3 is 2.78 bits per heavy atom. The van der Waals surface area contributed by atoms with Crippen LogP contribution in [0, 0.1) is 16.7 Å². The number of amides is 1. The van der Waals surface area contributed by atoms with Crippen molar-refractivity contribution in [3.63, 3.8) is 0 Å². The van der Waals surface area contributed by atoms with Gasteiger partial charge in [0.05, 0.1) is 29.1 Å². The minimum absolute atomic E-state index is 0.00581. The summed E-state index contributed by atoms with van der Waals surface area (Å²) in [7, 11) is 1.72. The number of hydrogen-bond acceptors (Lipinski definition) is 6. The molecule has 0 radical (unpaired) electrons. The third-order valence-corrected chi connectivity index (χ3v) is 3.99. The number of aromatic amines is 1. The van der Waals surface area contributed by atoms with Gasteiger partial charge in [-0.05, 0) is 32.0 Å². The number of carbonyl (C=O) groups excluding carboxylic acids is 1. The van der Waals surface area contributed by atoms with Gasteiger partial charge in [0.15, 0.2) is 5.65 Å². The largest absolute Gasteiger partial charge is 0.388 e. The number of nitrogens with one attached hydrogen (secondary N) is 4. The number of aromatic nitrogens is 3. The molecular formula is C19H19N7O. The predicted molar refractivity (Wildman–Crippen MR) is 103 cm³/mol. The van der Waals surface area contributed by atoms with Crippen molar-refractivity contribution in [3.8, 4) is 6.07 Å². The van der Waals surface area contributed by atoms with Crippen molar-refractivity contribution in [2.24, 2.45) is 0 Å². The number of rotatable bonds is 5. The number of hydrogen-bond donors (Lipinski definition) is 4. The average molecular weight is 361 g/mol. The molecule has 8 nitrogen and oxygen atoms in total. The Kier molecular flexibility index (Phi) is 4.86. The number of nitriles is 1. The number of H-pyrrole nitrogens is 1. The quantitative estimate of drug-likeness (QED) is 0.518. The molecule has 0 atom stereocenters. The van der Waals surface area contributed by atoms with E-state index in [1.54, 1.807) is 31.4 Å². The van der Waals surface area contributed by atoms with Gasteiger partial charge in [-0.15, -0.1) is 0 Å². The Bertz CT molecular complexity index is 1080. The summed E-state index contributed by atoms with van der Waals surface area (Å²) in [6, 6.07) is 7.09. The van der Waals surface area contributed by atoms with E-state index in [-0.39, 0.29) is 17.7 Å². The second kappa shape index (κ2) is 7.25. The number of benzene rings is 1. The first-order valence-corrected chi connectivity index (χ1v) is 8.40. The lowest BCUT2D eigenvalue weighted by molar-refractivity contribution is 0.0944. The van der Waals surface area contributed by atoms with Crippen LogP contribution in [0.3, 0.4) is 0 Å². The fraction of sp³-hybridized carbons (Fsp3) is 0.211. The maximum atomic E-state index is 12.4. The second-order valence-corrected chi connectivity index (χ2v) is 6.28. The monoisotopic (exact) mass is 361 g/mol. The van der Waals surface area contributed by atoms with Gasteiger partial charge in [0.2, 0.25) is 0 Å². The predicted octanol–water partition coefficient (Wildman–Crippen LogP) is 2.43. The molecule has 0 saturated carbocycles. The molecule has 1 amide bonds. The summed E-state index contributed by atoms with van der Waals surface area (Å²) in [4.78, 5) is 24.1. The zero-order valence-corrected chi connectivity index (χ0v) is 15.2. The van der Waals surface area contributed by atoms with Crippen molar-refractivity contribution in [3.05, 3.63) is 53.0 Å². The Hall–Kier alpha value is -3.73. The maximum Gasteiger partial charge on any atom is 0.255 e. The van der Waals surface area contributed by atoms with Gasteiger partial charge < -0.3 is 15.6 Å². The normalized spacial score (nSPS) is 10.6. The van der Waals surface area contributed by atoms with Gasteiger partial charge >= 0.3 is 0 Å². The Labute approximate surface area is 156 Å². The van der Waals surface area contributed by atoms with E-state index >= 15 is 0 Å². The fourth-order valence-electron chi connectivity index (χ4n) is 2.70. The van der Waals surface area contributed by atoms with Crippen molar-refractivity contribution < 1.29 is 4.79 Å². The molecule has 136 valence electrons. The van der Waals surface area contributed by atoms with E-state index in [9.17, 15) is 4.79 Å². The fourth-order valence-corrected chi connectivity index (χ4v) is 2.70. The second-order valence-electron chi connectivity index (χ2n) is 6.28. The van der Waals surface area contributed by atoms with Crippen LogP contribution in [0.1, 0.15) is 41.0 Å². The molecule has 0 saturated heterocycles. The number of nitrogens with zero attached hydrogens (tertiary/aromatic N) is 3. The zero-order chi connectivity index (χ0) is 19.6. The summed E-state index contributed by atoms with van der Waals surface area (Å²) < 4.78 is 0. The summed E-state index contributed by atoms with van der Waals surface area (Å²) in [6.45, 7) is 3.76. The van der Waals surface area contributed by atoms with Gasteiger partial charge in [-0.2, -0.15) is 5.26 Å². The molecule has 0 aliphatic rings. The standard InChI is InChI=1S/C19H19N7O/c1-10(2)25-19(27)13-8-23-18-17(13)26-15(9-24-18)16(21)12-5-4-11(7-20)6-14(12)22-3/h4-6,8-10,21-22H,1-3H3,(H,23,24)(H,25,27). The van der Waals surface area contributed by atoms with Crippen LogP contribution in [-0.2, 0) is 0 Å². The van der Waals surface area contributed by atoms with Crippen LogP contribution in [0.4, 0.5) is 5.69 Å². The Morgan fingerprint density at radius 2 is 2.11 bits per heavy atom. The first-order chi connectivity index (χ1) is 12.9. The van der Waals surface area contributed by atoms with E-state index in [1.165, 1.54) is 6.20 Å². The van der Waals surface area contributed by atoms with Crippen LogP contribution < -0.4 is 10.6 Å². The molecule has 0 spiro atoms. The van der Waals surface area contributed by atoms with Crippen LogP contribution in [0.25, 0.3) is 11.2 Å². The van der Waals surface area contributed by atoms with Crippen LogP contribution >= 0.6 is 0 Å². The van der Waals surface area contributed by atoms with Gasteiger partial charge in [-0.1, -0.05) is 0 Å². The molecule has 3 aromatic rings. The van der Waals surface area contributed by atoms with Crippen LogP contribution in [0.15, 0.2) is 30.6 Å². The first kappa shape index (κ1) is 18.1. The Morgan fingerprint density at radius 1 is 1.33 bits per heavy atom. The highest BCUT2D eigenvalue weighted by molar-refractivity contribution is 6.14. The van der Waals surface area contributed by atoms with Gasteiger partial charge in [-0.3, -0.25) is 10.2 Å². The molecule has 2 heterocycles. The summed E-state index contributed by atoms with van der Waals surface area (Å²) in [5.74, 6) is -0.247. The van der Waals surface area contributed by atoms with E-state index in [1.807, 2.05) is 13.8 Å². The van der Waals surface area contributed by atoms with E-state index in [4.69, 9.17) is 10.7 Å².